The Morgan fingerprint density at radius 3 is 2.74 bits per heavy atom. The number of nitrogens with one attached hydrogen (secondary N) is 1. The highest BCUT2D eigenvalue weighted by Gasteiger charge is 2.35. The van der Waals surface area contributed by atoms with Crippen LogP contribution in [0.1, 0.15) is 40.6 Å². The average molecular weight is 455 g/mol. The topological polar surface area (TPSA) is 68.1 Å². The second kappa shape index (κ2) is 8.83. The van der Waals surface area contributed by atoms with Gasteiger partial charge in [-0.1, -0.05) is 30.3 Å². The van der Waals surface area contributed by atoms with Gasteiger partial charge in [-0.15, -0.1) is 0 Å². The Morgan fingerprint density at radius 2 is 1.91 bits per heavy atom. The number of aromatic nitrogens is 2. The third kappa shape index (κ3) is 3.99. The number of benzene rings is 2. The van der Waals surface area contributed by atoms with E-state index >= 15 is 0 Å². The Kier molecular flexibility index (Phi) is 5.39. The molecule has 0 spiro atoms. The van der Waals surface area contributed by atoms with Gasteiger partial charge in [-0.2, -0.15) is 0 Å². The molecular formula is C27H26N4O3. The molecule has 7 nitrogen and oxygen atoms in total. The molecule has 0 aliphatic carbocycles. The minimum Gasteiger partial charge on any atom is -0.487 e. The Labute approximate surface area is 197 Å². The highest BCUT2D eigenvalue weighted by Crippen LogP contribution is 2.34. The van der Waals surface area contributed by atoms with E-state index in [0.717, 1.165) is 47.8 Å². The molecule has 34 heavy (non-hydrogen) atoms. The van der Waals surface area contributed by atoms with Gasteiger partial charge in [0, 0.05) is 31.2 Å². The lowest BCUT2D eigenvalue weighted by atomic mass is 10.0. The quantitative estimate of drug-likeness (QED) is 0.459. The number of ether oxygens (including phenoxy) is 2. The van der Waals surface area contributed by atoms with E-state index in [1.54, 1.807) is 0 Å². The summed E-state index contributed by atoms with van der Waals surface area (Å²) < 4.78 is 13.8. The highest BCUT2D eigenvalue weighted by molar-refractivity contribution is 6.01. The largest absolute Gasteiger partial charge is 0.487 e. The van der Waals surface area contributed by atoms with Gasteiger partial charge in [-0.3, -0.25) is 4.79 Å². The second-order valence-corrected chi connectivity index (χ2v) is 8.74. The monoisotopic (exact) mass is 454 g/mol. The molecule has 2 atom stereocenters. The fraction of sp³-hybridized carbons (Fsp3) is 0.259. The molecule has 4 aromatic rings. The summed E-state index contributed by atoms with van der Waals surface area (Å²) in [6, 6.07) is 21.5. The Bertz CT molecular complexity index is 1280. The molecule has 6 rings (SSSR count). The molecule has 172 valence electrons. The van der Waals surface area contributed by atoms with Crippen LogP contribution in [0.25, 0.3) is 5.65 Å². The summed E-state index contributed by atoms with van der Waals surface area (Å²) in [5.74, 6) is 0.788. The minimum atomic E-state index is -0.265. The third-order valence-corrected chi connectivity index (χ3v) is 6.44. The summed E-state index contributed by atoms with van der Waals surface area (Å²) in [6.45, 7) is 1.72. The third-order valence-electron chi connectivity index (χ3n) is 6.44. The number of carbonyl (C=O) groups excluding carboxylic acids is 1. The van der Waals surface area contributed by atoms with Gasteiger partial charge in [0.25, 0.3) is 5.91 Å². The van der Waals surface area contributed by atoms with Crippen LogP contribution in [0.5, 0.6) is 5.75 Å². The van der Waals surface area contributed by atoms with E-state index in [0.29, 0.717) is 18.7 Å². The van der Waals surface area contributed by atoms with Crippen LogP contribution < -0.4 is 10.1 Å². The van der Waals surface area contributed by atoms with Crippen LogP contribution in [0.2, 0.25) is 0 Å². The van der Waals surface area contributed by atoms with Crippen molar-refractivity contribution in [2.45, 2.75) is 31.7 Å². The zero-order chi connectivity index (χ0) is 22.9. The van der Waals surface area contributed by atoms with E-state index in [2.05, 4.69) is 10.3 Å². The second-order valence-electron chi connectivity index (χ2n) is 8.74. The van der Waals surface area contributed by atoms with Crippen LogP contribution in [-0.4, -0.2) is 39.4 Å². The number of hydrogen-bond acceptors (Lipinski definition) is 5. The summed E-state index contributed by atoms with van der Waals surface area (Å²) in [5.41, 5.74) is 4.32. The zero-order valence-corrected chi connectivity index (χ0v) is 18.8. The number of imidazole rings is 1. The lowest BCUT2D eigenvalue weighted by molar-refractivity contribution is 0.0427. The molecule has 1 fully saturated rings. The van der Waals surface area contributed by atoms with Crippen LogP contribution in [-0.2, 0) is 11.3 Å². The molecule has 1 N–H and O–H groups in total. The van der Waals surface area contributed by atoms with E-state index < -0.39 is 0 Å². The molecule has 2 aliphatic rings. The molecule has 1 amide bonds. The number of para-hydroxylation sites is 1. The molecule has 2 aliphatic heterocycles. The van der Waals surface area contributed by atoms with Crippen molar-refractivity contribution >= 4 is 17.2 Å². The fourth-order valence-electron chi connectivity index (χ4n) is 4.71. The van der Waals surface area contributed by atoms with Gasteiger partial charge >= 0.3 is 0 Å². The van der Waals surface area contributed by atoms with Crippen LogP contribution >= 0.6 is 0 Å². The molecule has 0 unspecified atom stereocenters. The zero-order valence-electron chi connectivity index (χ0n) is 18.8. The molecule has 2 aromatic heterocycles. The number of anilines is 1. The van der Waals surface area contributed by atoms with Crippen molar-refractivity contribution in [3.8, 4) is 5.75 Å². The van der Waals surface area contributed by atoms with Crippen molar-refractivity contribution in [2.75, 3.05) is 18.5 Å². The van der Waals surface area contributed by atoms with Crippen LogP contribution in [0.3, 0.4) is 0 Å². The highest BCUT2D eigenvalue weighted by atomic mass is 16.5. The van der Waals surface area contributed by atoms with Crippen molar-refractivity contribution in [3.63, 3.8) is 0 Å². The lowest BCUT2D eigenvalue weighted by Crippen LogP contribution is -2.46. The van der Waals surface area contributed by atoms with Crippen molar-refractivity contribution in [1.82, 2.24) is 14.3 Å². The van der Waals surface area contributed by atoms with Crippen molar-refractivity contribution in [2.24, 2.45) is 0 Å². The Morgan fingerprint density at radius 1 is 1.06 bits per heavy atom. The maximum absolute atomic E-state index is 13.4. The molecule has 2 aromatic carbocycles. The molecule has 0 radical (unpaired) electrons. The molecule has 0 saturated carbocycles. The first-order valence-electron chi connectivity index (χ1n) is 11.7. The van der Waals surface area contributed by atoms with E-state index in [1.165, 1.54) is 0 Å². The van der Waals surface area contributed by atoms with Crippen molar-refractivity contribution in [1.29, 1.82) is 0 Å². The normalized spacial score (nSPS) is 19.8. The number of carbonyl (C=O) groups is 1. The van der Waals surface area contributed by atoms with Gasteiger partial charge in [0.2, 0.25) is 0 Å². The smallest absolute Gasteiger partial charge is 0.257 e. The number of pyridine rings is 1. The maximum atomic E-state index is 13.4. The molecular weight excluding hydrogens is 428 g/mol. The number of hydrogen-bond donors (Lipinski definition) is 1. The summed E-state index contributed by atoms with van der Waals surface area (Å²) in [5, 5.41) is 3.56. The van der Waals surface area contributed by atoms with E-state index in [9.17, 15) is 4.79 Å². The predicted molar refractivity (Wildman–Crippen MR) is 129 cm³/mol. The average Bonchev–Trinajstić information content (AvgIpc) is 3.54. The summed E-state index contributed by atoms with van der Waals surface area (Å²) in [6.07, 6.45) is 5.78. The van der Waals surface area contributed by atoms with Gasteiger partial charge < -0.3 is 24.1 Å². The van der Waals surface area contributed by atoms with Crippen molar-refractivity contribution < 1.29 is 14.3 Å². The standard InChI is InChI=1S/C27H26N4O3/c32-27-23-7-1-2-8-24(23)29-26(31(27)17-22-6-5-15-33-22)19-10-12-21(13-11-19)34-18-20-16-30-14-4-3-9-25(30)28-20/h1-4,7-14,16,22,26,29H,5-6,15,17-18H2/t22-,26-/m0/s1. The van der Waals surface area contributed by atoms with E-state index in [-0.39, 0.29) is 18.2 Å². The lowest BCUT2D eigenvalue weighted by Gasteiger charge is -2.39. The van der Waals surface area contributed by atoms with Gasteiger partial charge in [0.15, 0.2) is 0 Å². The summed E-state index contributed by atoms with van der Waals surface area (Å²) in [7, 11) is 0. The van der Waals surface area contributed by atoms with Crippen LogP contribution in [0.15, 0.2) is 79.1 Å². The molecule has 4 heterocycles. The summed E-state index contributed by atoms with van der Waals surface area (Å²) in [4.78, 5) is 19.9. The predicted octanol–water partition coefficient (Wildman–Crippen LogP) is 4.66. The fourth-order valence-corrected chi connectivity index (χ4v) is 4.71. The molecule has 7 heteroatoms. The summed E-state index contributed by atoms with van der Waals surface area (Å²) >= 11 is 0. The molecule has 0 bridgehead atoms. The first kappa shape index (κ1) is 20.7. The van der Waals surface area contributed by atoms with Crippen molar-refractivity contribution in [3.05, 3.63) is 95.9 Å². The minimum absolute atomic E-state index is 0.0297. The Hall–Kier alpha value is -3.84. The maximum Gasteiger partial charge on any atom is 0.257 e. The number of amides is 1. The first-order valence-corrected chi connectivity index (χ1v) is 11.7. The van der Waals surface area contributed by atoms with Gasteiger partial charge in [0.05, 0.1) is 17.4 Å². The number of nitrogens with zero attached hydrogens (tertiary/aromatic N) is 3. The van der Waals surface area contributed by atoms with E-state index in [1.807, 2.05) is 88.4 Å². The Balaban J connectivity index is 1.21. The van der Waals surface area contributed by atoms with Crippen LogP contribution in [0.4, 0.5) is 5.69 Å². The van der Waals surface area contributed by atoms with E-state index in [4.69, 9.17) is 9.47 Å². The SMILES string of the molecule is O=C1c2ccccc2N[C@H](c2ccc(OCc3cn4ccccc4n3)cc2)N1C[C@@H]1CCCO1. The van der Waals surface area contributed by atoms with Crippen LogP contribution in [0, 0.1) is 0 Å². The molecule has 1 saturated heterocycles. The number of rotatable bonds is 6. The van der Waals surface area contributed by atoms with Gasteiger partial charge in [-0.05, 0) is 54.8 Å². The first-order chi connectivity index (χ1) is 16.7. The van der Waals surface area contributed by atoms with Gasteiger partial charge in [-0.25, -0.2) is 4.98 Å². The number of fused-ring (bicyclic) bond motifs is 2. The van der Waals surface area contributed by atoms with Gasteiger partial charge in [0.1, 0.15) is 24.2 Å².